The SMILES string of the molecule is COc1ccc(Cl)cc1C(=O)[C@@H]1CCCN(Cc2ccccn2)C1. The van der Waals surface area contributed by atoms with Crippen LogP contribution in [0.15, 0.2) is 42.6 Å². The maximum absolute atomic E-state index is 12.9. The Labute approximate surface area is 147 Å². The number of aromatic nitrogens is 1. The van der Waals surface area contributed by atoms with Gasteiger partial charge in [0.25, 0.3) is 0 Å². The Morgan fingerprint density at radius 1 is 1.38 bits per heavy atom. The Morgan fingerprint density at radius 3 is 3.00 bits per heavy atom. The summed E-state index contributed by atoms with van der Waals surface area (Å²) in [6, 6.07) is 11.1. The quantitative estimate of drug-likeness (QED) is 0.773. The molecule has 1 saturated heterocycles. The molecule has 1 aromatic carbocycles. The van der Waals surface area contributed by atoms with Crippen molar-refractivity contribution < 1.29 is 9.53 Å². The van der Waals surface area contributed by atoms with E-state index in [1.165, 1.54) is 0 Å². The number of rotatable bonds is 5. The fourth-order valence-corrected chi connectivity index (χ4v) is 3.40. The number of carbonyl (C=O) groups excluding carboxylic acids is 1. The lowest BCUT2D eigenvalue weighted by atomic mass is 9.89. The monoisotopic (exact) mass is 344 g/mol. The van der Waals surface area contributed by atoms with Crippen molar-refractivity contribution in [2.75, 3.05) is 20.2 Å². The van der Waals surface area contributed by atoms with E-state index >= 15 is 0 Å². The summed E-state index contributed by atoms with van der Waals surface area (Å²) in [6.45, 7) is 2.51. The highest BCUT2D eigenvalue weighted by molar-refractivity contribution is 6.31. The lowest BCUT2D eigenvalue weighted by Gasteiger charge is -2.32. The van der Waals surface area contributed by atoms with Crippen LogP contribution in [0.2, 0.25) is 5.02 Å². The Morgan fingerprint density at radius 2 is 2.25 bits per heavy atom. The molecule has 0 saturated carbocycles. The first-order chi connectivity index (χ1) is 11.7. The molecule has 1 atom stereocenters. The van der Waals surface area contributed by atoms with Gasteiger partial charge in [-0.1, -0.05) is 17.7 Å². The molecule has 126 valence electrons. The van der Waals surface area contributed by atoms with Gasteiger partial charge in [0.1, 0.15) is 5.75 Å². The molecular weight excluding hydrogens is 324 g/mol. The molecule has 0 radical (unpaired) electrons. The normalized spacial score (nSPS) is 18.3. The first-order valence-corrected chi connectivity index (χ1v) is 8.55. The van der Waals surface area contributed by atoms with E-state index in [2.05, 4.69) is 9.88 Å². The number of hydrogen-bond donors (Lipinski definition) is 0. The number of halogens is 1. The number of pyridine rings is 1. The maximum Gasteiger partial charge on any atom is 0.170 e. The summed E-state index contributed by atoms with van der Waals surface area (Å²) < 4.78 is 5.33. The summed E-state index contributed by atoms with van der Waals surface area (Å²) in [6.07, 6.45) is 3.71. The molecule has 0 amide bonds. The van der Waals surface area contributed by atoms with Crippen LogP contribution in [0.1, 0.15) is 28.9 Å². The van der Waals surface area contributed by atoms with E-state index in [-0.39, 0.29) is 11.7 Å². The number of benzene rings is 1. The molecule has 1 fully saturated rings. The van der Waals surface area contributed by atoms with Gasteiger partial charge in [-0.05, 0) is 49.7 Å². The molecule has 3 rings (SSSR count). The van der Waals surface area contributed by atoms with E-state index < -0.39 is 0 Å². The average Bonchev–Trinajstić information content (AvgIpc) is 2.62. The number of likely N-dealkylation sites (tertiary alicyclic amines) is 1. The maximum atomic E-state index is 12.9. The van der Waals surface area contributed by atoms with Crippen molar-refractivity contribution in [2.45, 2.75) is 19.4 Å². The number of ketones is 1. The van der Waals surface area contributed by atoms with Gasteiger partial charge >= 0.3 is 0 Å². The topological polar surface area (TPSA) is 42.4 Å². The van der Waals surface area contributed by atoms with Crippen LogP contribution in [-0.4, -0.2) is 35.9 Å². The van der Waals surface area contributed by atoms with Crippen LogP contribution in [0.3, 0.4) is 0 Å². The van der Waals surface area contributed by atoms with Crippen molar-refractivity contribution in [2.24, 2.45) is 5.92 Å². The van der Waals surface area contributed by atoms with Crippen LogP contribution < -0.4 is 4.74 Å². The van der Waals surface area contributed by atoms with Crippen LogP contribution >= 0.6 is 11.6 Å². The summed E-state index contributed by atoms with van der Waals surface area (Å²) in [4.78, 5) is 19.6. The summed E-state index contributed by atoms with van der Waals surface area (Å²) in [7, 11) is 1.58. The number of methoxy groups -OCH3 is 1. The van der Waals surface area contributed by atoms with Crippen molar-refractivity contribution in [3.8, 4) is 5.75 Å². The predicted octanol–water partition coefficient (Wildman–Crippen LogP) is 3.84. The van der Waals surface area contributed by atoms with Gasteiger partial charge in [-0.25, -0.2) is 0 Å². The van der Waals surface area contributed by atoms with Crippen molar-refractivity contribution in [3.63, 3.8) is 0 Å². The number of carbonyl (C=O) groups is 1. The Balaban J connectivity index is 1.72. The van der Waals surface area contributed by atoms with Crippen molar-refractivity contribution in [1.29, 1.82) is 0 Å². The molecule has 5 heteroatoms. The van der Waals surface area contributed by atoms with Gasteiger partial charge < -0.3 is 4.74 Å². The van der Waals surface area contributed by atoms with Gasteiger partial charge in [0.15, 0.2) is 5.78 Å². The number of piperidine rings is 1. The second kappa shape index (κ2) is 7.77. The fourth-order valence-electron chi connectivity index (χ4n) is 3.23. The minimum atomic E-state index is -0.0326. The Bertz CT molecular complexity index is 706. The minimum Gasteiger partial charge on any atom is -0.496 e. The standard InChI is InChI=1S/C19H21ClN2O2/c1-24-18-8-7-15(20)11-17(18)19(23)14-5-4-10-22(12-14)13-16-6-2-3-9-21-16/h2-3,6-9,11,14H,4-5,10,12-13H2,1H3/t14-/m1/s1. The summed E-state index contributed by atoms with van der Waals surface area (Å²) in [5.74, 6) is 0.668. The molecule has 0 aliphatic carbocycles. The number of ether oxygens (including phenoxy) is 1. The van der Waals surface area contributed by atoms with E-state index in [9.17, 15) is 4.79 Å². The highest BCUT2D eigenvalue weighted by atomic mass is 35.5. The number of Topliss-reactive ketones (excluding diaryl/α,β-unsaturated/α-hetero) is 1. The van der Waals surface area contributed by atoms with E-state index in [1.807, 2.05) is 18.2 Å². The third-order valence-electron chi connectivity index (χ3n) is 4.42. The lowest BCUT2D eigenvalue weighted by Crippen LogP contribution is -2.38. The molecule has 1 aliphatic rings. The smallest absolute Gasteiger partial charge is 0.170 e. The van der Waals surface area contributed by atoms with Crippen LogP contribution in [0, 0.1) is 5.92 Å². The molecule has 0 bridgehead atoms. The third kappa shape index (κ3) is 3.94. The van der Waals surface area contributed by atoms with E-state index in [0.717, 1.165) is 38.2 Å². The predicted molar refractivity (Wildman–Crippen MR) is 94.6 cm³/mol. The number of nitrogens with zero attached hydrogens (tertiary/aromatic N) is 2. The van der Waals surface area contributed by atoms with Crippen LogP contribution in [0.5, 0.6) is 5.75 Å². The van der Waals surface area contributed by atoms with Gasteiger partial charge in [-0.15, -0.1) is 0 Å². The Hall–Kier alpha value is -1.91. The molecule has 2 heterocycles. The molecule has 1 aliphatic heterocycles. The zero-order chi connectivity index (χ0) is 16.9. The van der Waals surface area contributed by atoms with Crippen LogP contribution in [-0.2, 0) is 6.54 Å². The van der Waals surface area contributed by atoms with Gasteiger partial charge in [0, 0.05) is 30.2 Å². The lowest BCUT2D eigenvalue weighted by molar-refractivity contribution is 0.0807. The highest BCUT2D eigenvalue weighted by Crippen LogP contribution is 2.29. The van der Waals surface area contributed by atoms with E-state index in [0.29, 0.717) is 16.3 Å². The molecule has 0 N–H and O–H groups in total. The largest absolute Gasteiger partial charge is 0.496 e. The second-order valence-electron chi connectivity index (χ2n) is 6.10. The highest BCUT2D eigenvalue weighted by Gasteiger charge is 2.28. The van der Waals surface area contributed by atoms with Gasteiger partial charge in [0.2, 0.25) is 0 Å². The van der Waals surface area contributed by atoms with E-state index in [4.69, 9.17) is 16.3 Å². The fraction of sp³-hybridized carbons (Fsp3) is 0.368. The summed E-state index contributed by atoms with van der Waals surface area (Å²) >= 11 is 6.07. The minimum absolute atomic E-state index is 0.0326. The summed E-state index contributed by atoms with van der Waals surface area (Å²) in [5, 5.41) is 0.556. The first-order valence-electron chi connectivity index (χ1n) is 8.17. The molecule has 2 aromatic rings. The van der Waals surface area contributed by atoms with Crippen molar-refractivity contribution in [1.82, 2.24) is 9.88 Å². The zero-order valence-electron chi connectivity index (χ0n) is 13.7. The average molecular weight is 345 g/mol. The second-order valence-corrected chi connectivity index (χ2v) is 6.54. The van der Waals surface area contributed by atoms with Gasteiger partial charge in [-0.3, -0.25) is 14.7 Å². The molecular formula is C19H21ClN2O2. The van der Waals surface area contributed by atoms with Gasteiger partial charge in [0.05, 0.1) is 18.4 Å². The Kier molecular flexibility index (Phi) is 5.48. The molecule has 1 aromatic heterocycles. The molecule has 4 nitrogen and oxygen atoms in total. The van der Waals surface area contributed by atoms with Crippen molar-refractivity contribution >= 4 is 17.4 Å². The first kappa shape index (κ1) is 16.9. The van der Waals surface area contributed by atoms with Crippen LogP contribution in [0.4, 0.5) is 0 Å². The van der Waals surface area contributed by atoms with E-state index in [1.54, 1.807) is 31.5 Å². The van der Waals surface area contributed by atoms with Gasteiger partial charge in [-0.2, -0.15) is 0 Å². The summed E-state index contributed by atoms with van der Waals surface area (Å²) in [5.41, 5.74) is 1.61. The molecule has 0 unspecified atom stereocenters. The third-order valence-corrected chi connectivity index (χ3v) is 4.65. The van der Waals surface area contributed by atoms with Crippen LogP contribution in [0.25, 0.3) is 0 Å². The van der Waals surface area contributed by atoms with Crippen molar-refractivity contribution in [3.05, 3.63) is 58.9 Å². The number of hydrogen-bond acceptors (Lipinski definition) is 4. The zero-order valence-corrected chi connectivity index (χ0v) is 14.5. The molecule has 24 heavy (non-hydrogen) atoms. The molecule has 0 spiro atoms.